The van der Waals surface area contributed by atoms with Gasteiger partial charge in [-0.1, -0.05) is 24.6 Å². The predicted molar refractivity (Wildman–Crippen MR) is 53.9 cm³/mol. The third-order valence-corrected chi connectivity index (χ3v) is 3.89. The van der Waals surface area contributed by atoms with Crippen LogP contribution >= 0.6 is 11.6 Å². The Hall–Kier alpha value is -1.05. The summed E-state index contributed by atoms with van der Waals surface area (Å²) in [6.45, 7) is 1.53. The summed E-state index contributed by atoms with van der Waals surface area (Å²) in [6.07, 6.45) is 0. The molecular formula is C9H8ClNO2S. The second-order valence-corrected chi connectivity index (χ2v) is 5.28. The van der Waals surface area contributed by atoms with E-state index in [0.717, 1.165) is 0 Å². The molecule has 3 nitrogen and oxygen atoms in total. The molecule has 1 aromatic carbocycles. The normalized spacial score (nSPS) is 10.9. The minimum atomic E-state index is -3.37. The fraction of sp³-hybridized carbons (Fsp3) is 0.222. The lowest BCUT2D eigenvalue weighted by molar-refractivity contribution is 0.597. The zero-order chi connectivity index (χ0) is 10.8. The molecule has 74 valence electrons. The van der Waals surface area contributed by atoms with Crippen molar-refractivity contribution in [1.29, 1.82) is 5.26 Å². The average molecular weight is 230 g/mol. The number of rotatable bonds is 2. The number of sulfone groups is 1. The lowest BCUT2D eigenvalue weighted by Crippen LogP contribution is -2.06. The van der Waals surface area contributed by atoms with Gasteiger partial charge < -0.3 is 0 Å². The molecule has 0 heterocycles. The van der Waals surface area contributed by atoms with E-state index in [1.165, 1.54) is 25.1 Å². The van der Waals surface area contributed by atoms with Crippen LogP contribution in [0.5, 0.6) is 0 Å². The Balaban J connectivity index is 3.53. The highest BCUT2D eigenvalue weighted by Crippen LogP contribution is 2.23. The lowest BCUT2D eigenvalue weighted by Gasteiger charge is -2.04. The Bertz CT molecular complexity index is 488. The molecule has 0 atom stereocenters. The van der Waals surface area contributed by atoms with Crippen LogP contribution in [0.2, 0.25) is 5.02 Å². The van der Waals surface area contributed by atoms with E-state index in [-0.39, 0.29) is 21.2 Å². The van der Waals surface area contributed by atoms with Gasteiger partial charge in [0.25, 0.3) is 0 Å². The Morgan fingerprint density at radius 2 is 2.14 bits per heavy atom. The molecule has 0 bridgehead atoms. The lowest BCUT2D eigenvalue weighted by atomic mass is 10.2. The molecule has 0 N–H and O–H groups in total. The van der Waals surface area contributed by atoms with Crippen LogP contribution in [0.4, 0.5) is 0 Å². The Labute approximate surface area is 87.8 Å². The van der Waals surface area contributed by atoms with Crippen molar-refractivity contribution in [3.63, 3.8) is 0 Å². The number of nitriles is 1. The number of hydrogen-bond donors (Lipinski definition) is 0. The fourth-order valence-electron chi connectivity index (χ4n) is 1.03. The summed E-state index contributed by atoms with van der Waals surface area (Å²) >= 11 is 5.71. The van der Waals surface area contributed by atoms with Gasteiger partial charge in [-0.2, -0.15) is 5.26 Å². The van der Waals surface area contributed by atoms with Crippen molar-refractivity contribution in [3.05, 3.63) is 28.8 Å². The third-order valence-electron chi connectivity index (χ3n) is 1.80. The standard InChI is InChI=1S/C9H8ClNO2S/c1-2-14(12,13)9-5-3-4-8(10)7(9)6-11/h3-5H,2H2,1H3. The van der Waals surface area contributed by atoms with Crippen LogP contribution in [0.15, 0.2) is 23.1 Å². The first-order valence-electron chi connectivity index (χ1n) is 3.94. The number of nitrogens with zero attached hydrogens (tertiary/aromatic N) is 1. The molecule has 0 saturated heterocycles. The molecule has 0 aliphatic rings. The molecule has 0 unspecified atom stereocenters. The van der Waals surface area contributed by atoms with Gasteiger partial charge in [-0.15, -0.1) is 0 Å². The summed E-state index contributed by atoms with van der Waals surface area (Å²) in [4.78, 5) is 0.00926. The maximum Gasteiger partial charge on any atom is 0.179 e. The van der Waals surface area contributed by atoms with Crippen LogP contribution in [0, 0.1) is 11.3 Å². The molecule has 0 aliphatic heterocycles. The number of benzene rings is 1. The summed E-state index contributed by atoms with van der Waals surface area (Å²) in [5, 5.41) is 8.93. The molecule has 1 rings (SSSR count). The maximum atomic E-state index is 11.5. The van der Waals surface area contributed by atoms with Gasteiger partial charge in [0.2, 0.25) is 0 Å². The van der Waals surface area contributed by atoms with E-state index in [1.807, 2.05) is 0 Å². The summed E-state index contributed by atoms with van der Waals surface area (Å²) in [6, 6.07) is 6.20. The molecule has 0 spiro atoms. The first-order valence-corrected chi connectivity index (χ1v) is 5.97. The minimum Gasteiger partial charge on any atom is -0.224 e. The highest BCUT2D eigenvalue weighted by atomic mass is 35.5. The van der Waals surface area contributed by atoms with Crippen LogP contribution in [0.1, 0.15) is 12.5 Å². The second kappa shape index (κ2) is 3.99. The van der Waals surface area contributed by atoms with E-state index in [2.05, 4.69) is 0 Å². The summed E-state index contributed by atoms with van der Waals surface area (Å²) < 4.78 is 23.0. The Morgan fingerprint density at radius 1 is 1.50 bits per heavy atom. The van der Waals surface area contributed by atoms with Crippen molar-refractivity contribution in [2.24, 2.45) is 0 Å². The van der Waals surface area contributed by atoms with E-state index in [4.69, 9.17) is 16.9 Å². The smallest absolute Gasteiger partial charge is 0.179 e. The zero-order valence-corrected chi connectivity index (χ0v) is 9.06. The van der Waals surface area contributed by atoms with Crippen molar-refractivity contribution in [2.75, 3.05) is 5.75 Å². The van der Waals surface area contributed by atoms with Crippen molar-refractivity contribution in [2.45, 2.75) is 11.8 Å². The summed E-state index contributed by atoms with van der Waals surface area (Å²) in [7, 11) is -3.37. The molecule has 0 aromatic heterocycles. The van der Waals surface area contributed by atoms with Gasteiger partial charge >= 0.3 is 0 Å². The van der Waals surface area contributed by atoms with Crippen molar-refractivity contribution >= 4 is 21.4 Å². The van der Waals surface area contributed by atoms with Gasteiger partial charge in [-0.05, 0) is 12.1 Å². The van der Waals surface area contributed by atoms with E-state index in [1.54, 1.807) is 6.07 Å². The fourth-order valence-corrected chi connectivity index (χ4v) is 2.36. The van der Waals surface area contributed by atoms with Crippen LogP contribution in [0.3, 0.4) is 0 Å². The van der Waals surface area contributed by atoms with Crippen molar-refractivity contribution < 1.29 is 8.42 Å². The number of halogens is 1. The third kappa shape index (κ3) is 1.89. The summed E-state index contributed by atoms with van der Waals surface area (Å²) in [5.41, 5.74) is 0.0241. The molecule has 0 saturated carbocycles. The summed E-state index contributed by atoms with van der Waals surface area (Å²) in [5.74, 6) is -0.0397. The van der Waals surface area contributed by atoms with Gasteiger partial charge in [0.05, 0.1) is 21.2 Å². The first kappa shape index (κ1) is 11.0. The Kier molecular flexibility index (Phi) is 3.14. The molecule has 5 heteroatoms. The van der Waals surface area contributed by atoms with E-state index in [9.17, 15) is 8.42 Å². The Morgan fingerprint density at radius 3 is 2.64 bits per heavy atom. The predicted octanol–water partition coefficient (Wildman–Crippen LogP) is 2.01. The minimum absolute atomic E-state index is 0.00926. The molecule has 0 aliphatic carbocycles. The highest BCUT2D eigenvalue weighted by molar-refractivity contribution is 7.91. The van der Waals surface area contributed by atoms with Gasteiger partial charge in [-0.25, -0.2) is 8.42 Å². The monoisotopic (exact) mass is 229 g/mol. The van der Waals surface area contributed by atoms with E-state index in [0.29, 0.717) is 0 Å². The largest absolute Gasteiger partial charge is 0.224 e. The van der Waals surface area contributed by atoms with Gasteiger partial charge in [0.1, 0.15) is 6.07 Å². The molecule has 0 amide bonds. The molecule has 0 radical (unpaired) electrons. The SMILES string of the molecule is CCS(=O)(=O)c1cccc(Cl)c1C#N. The molecule has 14 heavy (non-hydrogen) atoms. The van der Waals surface area contributed by atoms with E-state index >= 15 is 0 Å². The second-order valence-electron chi connectivity index (χ2n) is 2.63. The zero-order valence-electron chi connectivity index (χ0n) is 7.49. The van der Waals surface area contributed by atoms with Gasteiger partial charge in [0.15, 0.2) is 9.84 Å². The average Bonchev–Trinajstić information content (AvgIpc) is 2.17. The maximum absolute atomic E-state index is 11.5. The van der Waals surface area contributed by atoms with Crippen LogP contribution < -0.4 is 0 Å². The van der Waals surface area contributed by atoms with Crippen LogP contribution in [-0.4, -0.2) is 14.2 Å². The van der Waals surface area contributed by atoms with Crippen LogP contribution in [-0.2, 0) is 9.84 Å². The molecular weight excluding hydrogens is 222 g/mol. The van der Waals surface area contributed by atoms with Crippen molar-refractivity contribution in [1.82, 2.24) is 0 Å². The number of hydrogen-bond acceptors (Lipinski definition) is 3. The van der Waals surface area contributed by atoms with Gasteiger partial charge in [0, 0.05) is 0 Å². The quantitative estimate of drug-likeness (QED) is 0.780. The van der Waals surface area contributed by atoms with Gasteiger partial charge in [-0.3, -0.25) is 0 Å². The van der Waals surface area contributed by atoms with Crippen molar-refractivity contribution in [3.8, 4) is 6.07 Å². The molecule has 0 fully saturated rings. The first-order chi connectivity index (χ1) is 6.53. The highest BCUT2D eigenvalue weighted by Gasteiger charge is 2.18. The van der Waals surface area contributed by atoms with E-state index < -0.39 is 9.84 Å². The van der Waals surface area contributed by atoms with Crippen LogP contribution in [0.25, 0.3) is 0 Å². The molecule has 1 aromatic rings. The topological polar surface area (TPSA) is 57.9 Å².